The summed E-state index contributed by atoms with van der Waals surface area (Å²) in [5.41, 5.74) is 1.02. The van der Waals surface area contributed by atoms with E-state index < -0.39 is 0 Å². The Hall–Kier alpha value is -0.600. The molecule has 0 aliphatic rings. The Labute approximate surface area is 95.6 Å². The van der Waals surface area contributed by atoms with Crippen LogP contribution >= 0.6 is 11.6 Å². The number of rotatable bonds is 4. The number of hydrogen-bond acceptors (Lipinski definition) is 1. The molecule has 1 N–H and O–H groups in total. The second-order valence-corrected chi connectivity index (χ2v) is 4.28. The maximum Gasteiger partial charge on any atom is 0.141 e. The molecular formula is C12H17ClFN. The predicted octanol–water partition coefficient (Wildman–Crippen LogP) is 3.93. The topological polar surface area (TPSA) is 12.0 Å². The molecule has 2 unspecified atom stereocenters. The minimum absolute atomic E-state index is 0.185. The van der Waals surface area contributed by atoms with E-state index in [2.05, 4.69) is 26.1 Å². The van der Waals surface area contributed by atoms with Gasteiger partial charge in [0.2, 0.25) is 0 Å². The zero-order valence-electron chi connectivity index (χ0n) is 9.35. The molecule has 1 aromatic rings. The molecule has 0 aromatic heterocycles. The van der Waals surface area contributed by atoms with Crippen LogP contribution in [-0.4, -0.2) is 6.04 Å². The second kappa shape index (κ2) is 5.47. The van der Waals surface area contributed by atoms with Crippen LogP contribution in [0.3, 0.4) is 0 Å². The van der Waals surface area contributed by atoms with Gasteiger partial charge in [0.15, 0.2) is 0 Å². The molecule has 84 valence electrons. The van der Waals surface area contributed by atoms with Crippen molar-refractivity contribution in [3.05, 3.63) is 34.6 Å². The average Bonchev–Trinajstić information content (AvgIpc) is 2.21. The third kappa shape index (κ3) is 3.47. The maximum absolute atomic E-state index is 12.9. The van der Waals surface area contributed by atoms with Gasteiger partial charge in [-0.15, -0.1) is 0 Å². The maximum atomic E-state index is 12.9. The van der Waals surface area contributed by atoms with E-state index in [0.29, 0.717) is 6.04 Å². The van der Waals surface area contributed by atoms with Gasteiger partial charge in [-0.25, -0.2) is 4.39 Å². The molecule has 1 aromatic carbocycles. The summed E-state index contributed by atoms with van der Waals surface area (Å²) in [7, 11) is 0. The lowest BCUT2D eigenvalue weighted by Crippen LogP contribution is -2.28. The van der Waals surface area contributed by atoms with Crippen molar-refractivity contribution < 1.29 is 4.39 Å². The van der Waals surface area contributed by atoms with E-state index in [0.717, 1.165) is 12.0 Å². The molecule has 0 saturated carbocycles. The fourth-order valence-electron chi connectivity index (χ4n) is 1.42. The van der Waals surface area contributed by atoms with Crippen molar-refractivity contribution in [1.29, 1.82) is 0 Å². The highest BCUT2D eigenvalue weighted by atomic mass is 35.5. The molecule has 2 atom stereocenters. The summed E-state index contributed by atoms with van der Waals surface area (Å²) in [5, 5.41) is 3.60. The van der Waals surface area contributed by atoms with Gasteiger partial charge >= 0.3 is 0 Å². The minimum atomic E-state index is -0.365. The van der Waals surface area contributed by atoms with Crippen LogP contribution in [0.25, 0.3) is 0 Å². The van der Waals surface area contributed by atoms with Crippen molar-refractivity contribution in [3.8, 4) is 0 Å². The van der Waals surface area contributed by atoms with Crippen LogP contribution in [0.1, 0.15) is 38.8 Å². The number of benzene rings is 1. The summed E-state index contributed by atoms with van der Waals surface area (Å²) in [4.78, 5) is 0. The second-order valence-electron chi connectivity index (χ2n) is 3.87. The van der Waals surface area contributed by atoms with Crippen LogP contribution < -0.4 is 5.32 Å². The number of halogens is 2. The zero-order chi connectivity index (χ0) is 11.4. The first-order valence-corrected chi connectivity index (χ1v) is 5.63. The Bertz CT molecular complexity index is 327. The van der Waals surface area contributed by atoms with Crippen LogP contribution in [0.2, 0.25) is 5.02 Å². The SMILES string of the molecule is CCC(C)NC(C)c1ccc(F)c(Cl)c1. The normalized spacial score (nSPS) is 15.0. The molecule has 1 rings (SSSR count). The summed E-state index contributed by atoms with van der Waals surface area (Å²) < 4.78 is 12.9. The quantitative estimate of drug-likeness (QED) is 0.825. The molecule has 0 spiro atoms. The predicted molar refractivity (Wildman–Crippen MR) is 62.7 cm³/mol. The lowest BCUT2D eigenvalue weighted by atomic mass is 10.1. The summed E-state index contributed by atoms with van der Waals surface area (Å²) >= 11 is 5.73. The van der Waals surface area contributed by atoms with E-state index in [1.807, 2.05) is 0 Å². The van der Waals surface area contributed by atoms with Gasteiger partial charge in [-0.05, 0) is 38.0 Å². The Morgan fingerprint density at radius 3 is 2.60 bits per heavy atom. The lowest BCUT2D eigenvalue weighted by Gasteiger charge is -2.19. The van der Waals surface area contributed by atoms with Gasteiger partial charge < -0.3 is 5.32 Å². The monoisotopic (exact) mass is 229 g/mol. The van der Waals surface area contributed by atoms with Crippen LogP contribution in [0, 0.1) is 5.82 Å². The Kier molecular flexibility index (Phi) is 4.55. The van der Waals surface area contributed by atoms with Crippen LogP contribution in [0.15, 0.2) is 18.2 Å². The van der Waals surface area contributed by atoms with Crippen molar-refractivity contribution in [1.82, 2.24) is 5.32 Å². The largest absolute Gasteiger partial charge is 0.308 e. The van der Waals surface area contributed by atoms with Gasteiger partial charge in [-0.1, -0.05) is 24.6 Å². The first kappa shape index (κ1) is 12.5. The highest BCUT2D eigenvalue weighted by Gasteiger charge is 2.09. The van der Waals surface area contributed by atoms with Gasteiger partial charge in [0.05, 0.1) is 5.02 Å². The molecule has 0 amide bonds. The highest BCUT2D eigenvalue weighted by Crippen LogP contribution is 2.21. The van der Waals surface area contributed by atoms with Crippen molar-refractivity contribution in [3.63, 3.8) is 0 Å². The van der Waals surface area contributed by atoms with E-state index in [9.17, 15) is 4.39 Å². The van der Waals surface area contributed by atoms with Crippen molar-refractivity contribution >= 4 is 11.6 Å². The Balaban J connectivity index is 2.73. The lowest BCUT2D eigenvalue weighted by molar-refractivity contribution is 0.469. The molecule has 0 radical (unpaired) electrons. The van der Waals surface area contributed by atoms with E-state index in [1.165, 1.54) is 6.07 Å². The zero-order valence-corrected chi connectivity index (χ0v) is 10.1. The van der Waals surface area contributed by atoms with E-state index in [4.69, 9.17) is 11.6 Å². The molecular weight excluding hydrogens is 213 g/mol. The summed E-state index contributed by atoms with van der Waals surface area (Å²) in [5.74, 6) is -0.365. The summed E-state index contributed by atoms with van der Waals surface area (Å²) in [6.07, 6.45) is 1.07. The van der Waals surface area contributed by atoms with Crippen LogP contribution in [-0.2, 0) is 0 Å². The molecule has 0 aliphatic carbocycles. The first-order valence-electron chi connectivity index (χ1n) is 5.25. The van der Waals surface area contributed by atoms with Gasteiger partial charge in [0.25, 0.3) is 0 Å². The average molecular weight is 230 g/mol. The molecule has 1 nitrogen and oxygen atoms in total. The third-order valence-corrected chi connectivity index (χ3v) is 2.88. The fraction of sp³-hybridized carbons (Fsp3) is 0.500. The molecule has 0 heterocycles. The smallest absolute Gasteiger partial charge is 0.141 e. The summed E-state index contributed by atoms with van der Waals surface area (Å²) in [6, 6.07) is 5.49. The molecule has 0 aliphatic heterocycles. The molecule has 0 saturated heterocycles. The number of nitrogens with one attached hydrogen (secondary N) is 1. The Morgan fingerprint density at radius 1 is 1.40 bits per heavy atom. The van der Waals surface area contributed by atoms with E-state index >= 15 is 0 Å². The van der Waals surface area contributed by atoms with Gasteiger partial charge in [-0.2, -0.15) is 0 Å². The van der Waals surface area contributed by atoms with Crippen LogP contribution in [0.4, 0.5) is 4.39 Å². The fourth-order valence-corrected chi connectivity index (χ4v) is 1.61. The molecule has 0 fully saturated rings. The number of hydrogen-bond donors (Lipinski definition) is 1. The van der Waals surface area contributed by atoms with E-state index in [1.54, 1.807) is 12.1 Å². The van der Waals surface area contributed by atoms with E-state index in [-0.39, 0.29) is 16.9 Å². The minimum Gasteiger partial charge on any atom is -0.308 e. The molecule has 0 bridgehead atoms. The molecule has 15 heavy (non-hydrogen) atoms. The van der Waals surface area contributed by atoms with Crippen molar-refractivity contribution in [2.45, 2.75) is 39.3 Å². The van der Waals surface area contributed by atoms with Crippen LogP contribution in [0.5, 0.6) is 0 Å². The standard InChI is InChI=1S/C12H17ClFN/c1-4-8(2)15-9(3)10-5-6-12(14)11(13)7-10/h5-9,15H,4H2,1-3H3. The highest BCUT2D eigenvalue weighted by molar-refractivity contribution is 6.30. The van der Waals surface area contributed by atoms with Gasteiger partial charge in [-0.3, -0.25) is 0 Å². The van der Waals surface area contributed by atoms with Gasteiger partial charge in [0, 0.05) is 12.1 Å². The van der Waals surface area contributed by atoms with Gasteiger partial charge in [0.1, 0.15) is 5.82 Å². The van der Waals surface area contributed by atoms with Crippen molar-refractivity contribution in [2.24, 2.45) is 0 Å². The first-order chi connectivity index (χ1) is 7.04. The Morgan fingerprint density at radius 2 is 2.07 bits per heavy atom. The van der Waals surface area contributed by atoms with Crippen molar-refractivity contribution in [2.75, 3.05) is 0 Å². The molecule has 3 heteroatoms. The summed E-state index contributed by atoms with van der Waals surface area (Å²) in [6.45, 7) is 6.30. The third-order valence-electron chi connectivity index (χ3n) is 2.59.